The summed E-state index contributed by atoms with van der Waals surface area (Å²) in [4.78, 5) is 17.1. The van der Waals surface area contributed by atoms with Gasteiger partial charge in [-0.1, -0.05) is 179 Å². The van der Waals surface area contributed by atoms with Gasteiger partial charge in [-0.3, -0.25) is 14.5 Å². The first-order valence-corrected chi connectivity index (χ1v) is 37.1. The monoisotopic (exact) mass is 1750 g/mol. The molecular formula is C91H79BBrF3IrN7O7S-. The Labute approximate surface area is 668 Å². The maximum Gasteiger partial charge on any atom is 0.522 e. The molecule has 112 heavy (non-hydrogen) atoms. The third-order valence-corrected chi connectivity index (χ3v) is 20.8. The Kier molecular flexibility index (Phi) is 25.1. The van der Waals surface area contributed by atoms with Gasteiger partial charge in [-0.05, 0) is 146 Å². The summed E-state index contributed by atoms with van der Waals surface area (Å²) < 4.78 is 78.2. The van der Waals surface area contributed by atoms with E-state index in [0.29, 0.717) is 0 Å². The molecule has 0 amide bonds. The molecule has 0 bridgehead atoms. The van der Waals surface area contributed by atoms with Crippen molar-refractivity contribution in [2.45, 2.75) is 59.3 Å². The Hall–Kier alpha value is -11.1. The molecule has 21 rings (SSSR count). The number of fused-ring (bicyclic) bond motifs is 18. The van der Waals surface area contributed by atoms with E-state index in [4.69, 9.17) is 32.5 Å². The van der Waals surface area contributed by atoms with Crippen molar-refractivity contribution in [3.63, 3.8) is 0 Å². The van der Waals surface area contributed by atoms with Crippen LogP contribution in [0.2, 0.25) is 0 Å². The number of para-hydroxylation sites is 6. The molecule has 1 aliphatic rings. The third-order valence-electron chi connectivity index (χ3n) is 19.7. The average molecular weight is 1750 g/mol. The molecule has 0 atom stereocenters. The predicted molar refractivity (Wildman–Crippen MR) is 453 cm³/mol. The van der Waals surface area contributed by atoms with Crippen molar-refractivity contribution in [1.29, 1.82) is 0 Å². The second kappa shape index (κ2) is 34.3. The van der Waals surface area contributed by atoms with E-state index in [0.717, 1.165) is 58.1 Å². The van der Waals surface area contributed by atoms with Gasteiger partial charge in [0.2, 0.25) is 0 Å². The first-order chi connectivity index (χ1) is 52.8. The van der Waals surface area contributed by atoms with Crippen molar-refractivity contribution in [2.75, 3.05) is 14.2 Å². The normalized spacial score (nSPS) is 12.8. The molecule has 1 aliphatic heterocycles. The summed E-state index contributed by atoms with van der Waals surface area (Å²) >= 11 is 3.20. The van der Waals surface area contributed by atoms with Gasteiger partial charge >= 0.3 is 22.7 Å². The van der Waals surface area contributed by atoms with Crippen molar-refractivity contribution in [1.82, 2.24) is 33.1 Å². The first kappa shape index (κ1) is 81.9. The maximum absolute atomic E-state index is 10.7. The molecular weight excluding hydrogens is 1680 g/mol. The summed E-state index contributed by atoms with van der Waals surface area (Å²) in [5.41, 5.74) is 12.7. The maximum atomic E-state index is 10.7. The molecule has 10 aromatic heterocycles. The molecule has 567 valence electrons. The Balaban J connectivity index is 0.000000139. The van der Waals surface area contributed by atoms with Crippen LogP contribution in [-0.2, 0) is 39.5 Å². The minimum atomic E-state index is -5.84. The van der Waals surface area contributed by atoms with E-state index in [1.165, 1.54) is 114 Å². The second-order valence-electron chi connectivity index (χ2n) is 26.5. The van der Waals surface area contributed by atoms with Gasteiger partial charge in [0, 0.05) is 135 Å². The van der Waals surface area contributed by atoms with Gasteiger partial charge < -0.3 is 37.7 Å². The summed E-state index contributed by atoms with van der Waals surface area (Å²) in [5.74, 6) is 0. The van der Waals surface area contributed by atoms with E-state index in [-0.39, 0.29) is 53.3 Å². The number of alkyl halides is 3. The fraction of sp³-hybridized carbons (Fsp3) is 0.121. The number of aromatic nitrogens is 7. The summed E-state index contributed by atoms with van der Waals surface area (Å²) in [6.45, 7) is 8.38. The summed E-state index contributed by atoms with van der Waals surface area (Å²) in [5, 5.41) is 29.6. The van der Waals surface area contributed by atoms with Crippen molar-refractivity contribution >= 4 is 153 Å². The number of hydrogen-bond donors (Lipinski definition) is 3. The molecule has 0 aliphatic carbocycles. The topological polar surface area (TPSA) is 178 Å². The largest absolute Gasteiger partial charge is 0.522 e. The van der Waals surface area contributed by atoms with Gasteiger partial charge in [0.1, 0.15) is 4.60 Å². The van der Waals surface area contributed by atoms with Crippen molar-refractivity contribution in [3.05, 3.63) is 315 Å². The van der Waals surface area contributed by atoms with Crippen molar-refractivity contribution < 1.29 is 65.8 Å². The summed E-state index contributed by atoms with van der Waals surface area (Å²) in [6, 6.07) is 100. The number of aliphatic hydroxyl groups is 2. The number of hydrogen-bond acceptors (Lipinski definition) is 10. The van der Waals surface area contributed by atoms with Crippen molar-refractivity contribution in [2.24, 2.45) is 0 Å². The van der Waals surface area contributed by atoms with E-state index < -0.39 is 15.6 Å². The molecule has 20 aromatic rings. The number of rotatable bonds is 4. The molecule has 0 unspecified atom stereocenters. The predicted octanol–water partition coefficient (Wildman–Crippen LogP) is 22.2. The zero-order chi connectivity index (χ0) is 76.4. The van der Waals surface area contributed by atoms with E-state index in [9.17, 15) is 13.2 Å². The zero-order valence-electron chi connectivity index (χ0n) is 60.3. The number of halogens is 4. The van der Waals surface area contributed by atoms with Crippen LogP contribution in [0.5, 0.6) is 0 Å². The summed E-state index contributed by atoms with van der Waals surface area (Å²) in [6.07, 6.45) is 7.22. The molecule has 0 spiro atoms. The molecule has 21 heteroatoms. The van der Waals surface area contributed by atoms with Crippen LogP contribution in [-0.4, -0.2) is 94.4 Å². The number of nitrogens with zero attached hydrogens (tertiary/aromatic N) is 7. The van der Waals surface area contributed by atoms with Crippen LogP contribution in [0.4, 0.5) is 13.2 Å². The molecule has 14 nitrogen and oxygen atoms in total. The van der Waals surface area contributed by atoms with E-state index >= 15 is 0 Å². The van der Waals surface area contributed by atoms with Gasteiger partial charge in [-0.15, -0.1) is 35.9 Å². The smallest absolute Gasteiger partial charge is 0.400 e. The molecule has 1 fully saturated rings. The van der Waals surface area contributed by atoms with Crippen LogP contribution in [0.25, 0.3) is 148 Å². The standard InChI is InChI=1S/C24H22BNO2.2C23H14N2.C11H8N.C5H4BrN.CHF3O3S.2CH4O.2CH4.Ir/c1-23(2)24(3,4)28-25(27-23)15-12-13-21-19(14-15)18-10-7-9-17-16-8-5-6-11-20(16)26(21)22(17)18;2*1-2-10-21-16(6-1)17-7-5-8-18-19-14-15(20-9-3-4-13-24-20)11-12-22(19)25(21)23(17)18;1-2-6-10(7-3-1)11-8-4-5-9-12-11;6-5-3-1-2-4-7-5;2-1(3,4)8(5,6)7;2*1-2;;;/h5-14H,1-4H3;2*1-14H;1-6,8-9H;1-4H;(H,5,6,7);2*2H,1H3;2*1H4;/q;;;-1;;;;;;;. The second-order valence-corrected chi connectivity index (χ2v) is 28.7. The van der Waals surface area contributed by atoms with Crippen LogP contribution < -0.4 is 5.46 Å². The molecule has 3 N–H and O–H groups in total. The van der Waals surface area contributed by atoms with Gasteiger partial charge in [-0.2, -0.15) is 21.6 Å². The van der Waals surface area contributed by atoms with Gasteiger partial charge in [0.25, 0.3) is 0 Å². The van der Waals surface area contributed by atoms with Gasteiger partial charge in [0.05, 0.1) is 72.2 Å². The zero-order valence-corrected chi connectivity index (χ0v) is 65.1. The molecule has 1 radical (unpaired) electrons. The molecule has 1 saturated heterocycles. The quantitative estimate of drug-likeness (QED) is 0.0502. The molecule has 0 saturated carbocycles. The van der Waals surface area contributed by atoms with Crippen LogP contribution in [0.1, 0.15) is 42.5 Å². The molecule has 10 aromatic carbocycles. The van der Waals surface area contributed by atoms with E-state index in [2.05, 4.69) is 277 Å². The van der Waals surface area contributed by atoms with Crippen LogP contribution >= 0.6 is 15.9 Å². The van der Waals surface area contributed by atoms with Crippen molar-refractivity contribution in [3.8, 4) is 33.8 Å². The fourth-order valence-corrected chi connectivity index (χ4v) is 14.5. The Bertz CT molecular complexity index is 6400. The van der Waals surface area contributed by atoms with E-state index in [1.807, 2.05) is 97.3 Å². The number of benzene rings is 10. The first-order valence-electron chi connectivity index (χ1n) is 34.9. The Morgan fingerprint density at radius 1 is 0.393 bits per heavy atom. The van der Waals surface area contributed by atoms with Gasteiger partial charge in [0.15, 0.2) is 0 Å². The van der Waals surface area contributed by atoms with Gasteiger partial charge in [-0.25, -0.2) is 4.98 Å². The minimum absolute atomic E-state index is 0. The Morgan fingerprint density at radius 3 is 1.04 bits per heavy atom. The Morgan fingerprint density at radius 2 is 0.705 bits per heavy atom. The summed E-state index contributed by atoms with van der Waals surface area (Å²) in [7, 11) is -4.18. The van der Waals surface area contributed by atoms with E-state index in [1.54, 1.807) is 12.4 Å². The minimum Gasteiger partial charge on any atom is -0.400 e. The van der Waals surface area contributed by atoms with Crippen LogP contribution in [0, 0.1) is 6.07 Å². The van der Waals surface area contributed by atoms with Crippen LogP contribution in [0.3, 0.4) is 0 Å². The van der Waals surface area contributed by atoms with Crippen LogP contribution in [0.15, 0.2) is 308 Å². The number of pyridine rings is 4. The average Bonchev–Trinajstić information content (AvgIpc) is 1.56. The molecule has 11 heterocycles. The number of aliphatic hydroxyl groups excluding tert-OH is 2. The fourth-order valence-electron chi connectivity index (χ4n) is 14.2. The SMILES string of the molecule is Brc1ccccn1.C.C.CC1(C)OB(c2ccc3c(c2)c2cccc4c5ccccc5n3c42)OC1(C)C.CO.CO.O=S(=O)(O)C(F)(F)F.[Ir].[c-]1ccccc1-c1ccccn1.c1ccc(-c2ccc3c(c2)c2cccc4c5ccccc5n3c42)nc1.c1ccc(-c2ccc3c(c2)c2cccc4c5ccccc5n3c42)nc1. The third kappa shape index (κ3) is 15.6.